The van der Waals surface area contributed by atoms with Crippen LogP contribution in [0.15, 0.2) is 42.5 Å². The van der Waals surface area contributed by atoms with Crippen LogP contribution in [-0.2, 0) is 10.1 Å². The van der Waals surface area contributed by atoms with Crippen molar-refractivity contribution in [3.63, 3.8) is 0 Å². The van der Waals surface area contributed by atoms with Gasteiger partial charge < -0.3 is 5.73 Å². The van der Waals surface area contributed by atoms with Crippen LogP contribution in [0.3, 0.4) is 0 Å². The molecule has 0 heterocycles. The van der Waals surface area contributed by atoms with Crippen molar-refractivity contribution in [2.75, 3.05) is 5.75 Å². The van der Waals surface area contributed by atoms with Gasteiger partial charge in [0.25, 0.3) is 10.1 Å². The van der Waals surface area contributed by atoms with Gasteiger partial charge in [-0.05, 0) is 22.4 Å². The molecule has 0 radical (unpaired) electrons. The number of hydrogen-bond donors (Lipinski definition) is 2. The maximum Gasteiger partial charge on any atom is 0.266 e. The van der Waals surface area contributed by atoms with E-state index in [-0.39, 0.29) is 0 Å². The summed E-state index contributed by atoms with van der Waals surface area (Å²) < 4.78 is 30.3. The smallest absolute Gasteiger partial charge is 0.266 e. The van der Waals surface area contributed by atoms with Crippen molar-refractivity contribution < 1.29 is 13.0 Å². The zero-order valence-corrected chi connectivity index (χ0v) is 13.9. The number of fused-ring (bicyclic) bond motifs is 1. The lowest BCUT2D eigenvalue weighted by molar-refractivity contribution is 0.478. The van der Waals surface area contributed by atoms with E-state index in [9.17, 15) is 8.42 Å². The van der Waals surface area contributed by atoms with E-state index in [1.54, 1.807) is 6.07 Å². The van der Waals surface area contributed by atoms with E-state index in [2.05, 4.69) is 0 Å². The molecular weight excluding hydrogens is 286 g/mol. The van der Waals surface area contributed by atoms with E-state index >= 15 is 0 Å². The molecule has 1 atom stereocenters. The minimum absolute atomic E-state index is 0.467. The second-order valence-electron chi connectivity index (χ2n) is 3.96. The summed E-state index contributed by atoms with van der Waals surface area (Å²) in [5.41, 5.74) is 6.43. The molecule has 0 aromatic heterocycles. The van der Waals surface area contributed by atoms with E-state index in [0.29, 0.717) is 5.56 Å². The SMILES string of the molecule is CC.CC.NC(CS(=O)(=O)O)c1ccc2ccccc2c1. The largest absolute Gasteiger partial charge is 0.323 e. The fraction of sp³-hybridized carbons (Fsp3) is 0.375. The second kappa shape index (κ2) is 9.50. The van der Waals surface area contributed by atoms with Gasteiger partial charge in [0, 0.05) is 6.04 Å². The van der Waals surface area contributed by atoms with Crippen LogP contribution in [0.4, 0.5) is 0 Å². The summed E-state index contributed by atoms with van der Waals surface area (Å²) in [6.07, 6.45) is 0. The van der Waals surface area contributed by atoms with Crippen molar-refractivity contribution in [2.45, 2.75) is 33.7 Å². The molecule has 0 amide bonds. The van der Waals surface area contributed by atoms with Crippen LogP contribution < -0.4 is 5.73 Å². The average molecular weight is 311 g/mol. The molecular formula is C16H25NO3S. The van der Waals surface area contributed by atoms with E-state index in [1.165, 1.54) is 0 Å². The average Bonchev–Trinajstić information content (AvgIpc) is 2.49. The number of benzene rings is 2. The molecule has 0 saturated heterocycles. The predicted molar refractivity (Wildman–Crippen MR) is 90.0 cm³/mol. The van der Waals surface area contributed by atoms with Crippen molar-refractivity contribution >= 4 is 20.9 Å². The van der Waals surface area contributed by atoms with Crippen LogP contribution in [0, 0.1) is 0 Å². The topological polar surface area (TPSA) is 80.4 Å². The lowest BCUT2D eigenvalue weighted by Crippen LogP contribution is -2.21. The minimum atomic E-state index is -4.05. The molecule has 3 N–H and O–H groups in total. The normalized spacial score (nSPS) is 11.7. The lowest BCUT2D eigenvalue weighted by atomic mass is 10.0. The highest BCUT2D eigenvalue weighted by Crippen LogP contribution is 2.19. The van der Waals surface area contributed by atoms with Gasteiger partial charge >= 0.3 is 0 Å². The summed E-state index contributed by atoms with van der Waals surface area (Å²) in [7, 11) is -4.05. The Labute approximate surface area is 127 Å². The minimum Gasteiger partial charge on any atom is -0.323 e. The van der Waals surface area contributed by atoms with Crippen molar-refractivity contribution in [2.24, 2.45) is 5.73 Å². The Morgan fingerprint density at radius 3 is 2.05 bits per heavy atom. The highest BCUT2D eigenvalue weighted by atomic mass is 32.2. The molecule has 118 valence electrons. The maximum absolute atomic E-state index is 10.8. The van der Waals surface area contributed by atoms with Crippen molar-refractivity contribution in [3.8, 4) is 0 Å². The molecule has 2 aromatic carbocycles. The van der Waals surface area contributed by atoms with Crippen LogP contribution in [0.2, 0.25) is 0 Å². The molecule has 0 aliphatic heterocycles. The third-order valence-corrected chi connectivity index (χ3v) is 3.37. The summed E-state index contributed by atoms with van der Waals surface area (Å²) in [5, 5.41) is 2.06. The van der Waals surface area contributed by atoms with Gasteiger partial charge in [0.2, 0.25) is 0 Å². The Bertz CT molecular complexity index is 639. The first-order chi connectivity index (χ1) is 9.96. The molecule has 1 unspecified atom stereocenters. The highest BCUT2D eigenvalue weighted by Gasteiger charge is 2.14. The number of hydrogen-bond acceptors (Lipinski definition) is 3. The first-order valence-corrected chi connectivity index (χ1v) is 8.76. The van der Waals surface area contributed by atoms with Gasteiger partial charge in [-0.2, -0.15) is 8.42 Å². The van der Waals surface area contributed by atoms with Gasteiger partial charge in [0.1, 0.15) is 0 Å². The monoisotopic (exact) mass is 311 g/mol. The molecule has 0 aliphatic rings. The quantitative estimate of drug-likeness (QED) is 0.845. The summed E-state index contributed by atoms with van der Waals surface area (Å²) in [6.45, 7) is 8.00. The number of nitrogens with two attached hydrogens (primary N) is 1. The van der Waals surface area contributed by atoms with E-state index in [1.807, 2.05) is 64.1 Å². The predicted octanol–water partition coefficient (Wildman–Crippen LogP) is 3.78. The van der Waals surface area contributed by atoms with E-state index in [0.717, 1.165) is 10.8 Å². The fourth-order valence-corrected chi connectivity index (χ4v) is 2.41. The summed E-state index contributed by atoms with van der Waals surface area (Å²) in [5.74, 6) is -0.467. The molecule has 0 saturated carbocycles. The van der Waals surface area contributed by atoms with Crippen LogP contribution in [0.5, 0.6) is 0 Å². The molecule has 0 spiro atoms. The van der Waals surface area contributed by atoms with Crippen molar-refractivity contribution in [1.29, 1.82) is 0 Å². The molecule has 4 nitrogen and oxygen atoms in total. The zero-order valence-electron chi connectivity index (χ0n) is 13.1. The summed E-state index contributed by atoms with van der Waals surface area (Å²) in [4.78, 5) is 0. The lowest BCUT2D eigenvalue weighted by Gasteiger charge is -2.10. The highest BCUT2D eigenvalue weighted by molar-refractivity contribution is 7.85. The van der Waals surface area contributed by atoms with Crippen LogP contribution in [0.25, 0.3) is 10.8 Å². The van der Waals surface area contributed by atoms with Gasteiger partial charge in [-0.1, -0.05) is 64.1 Å². The maximum atomic E-state index is 10.8. The first-order valence-electron chi connectivity index (χ1n) is 7.15. The molecule has 5 heteroatoms. The first kappa shape index (κ1) is 19.6. The molecule has 21 heavy (non-hydrogen) atoms. The Morgan fingerprint density at radius 1 is 1.00 bits per heavy atom. The van der Waals surface area contributed by atoms with Crippen LogP contribution in [0.1, 0.15) is 39.3 Å². The molecule has 0 bridgehead atoms. The van der Waals surface area contributed by atoms with Crippen molar-refractivity contribution in [1.82, 2.24) is 0 Å². The Hall–Kier alpha value is -1.43. The second-order valence-corrected chi connectivity index (χ2v) is 5.46. The molecule has 0 aliphatic carbocycles. The number of rotatable bonds is 3. The van der Waals surface area contributed by atoms with Gasteiger partial charge in [-0.3, -0.25) is 4.55 Å². The summed E-state index contributed by atoms with van der Waals surface area (Å²) >= 11 is 0. The standard InChI is InChI=1S/C12H13NO3S.2C2H6/c13-12(8-17(14,15)16)11-6-5-9-3-1-2-4-10(9)7-11;2*1-2/h1-7,12H,8,13H2,(H,14,15,16);2*1-2H3. The molecule has 2 rings (SSSR count). The van der Waals surface area contributed by atoms with E-state index in [4.69, 9.17) is 10.3 Å². The Balaban J connectivity index is 0.000000921. The Morgan fingerprint density at radius 2 is 1.52 bits per heavy atom. The zero-order chi connectivity index (χ0) is 16.5. The van der Waals surface area contributed by atoms with Gasteiger partial charge in [-0.25, -0.2) is 0 Å². The van der Waals surface area contributed by atoms with Gasteiger partial charge in [0.05, 0.1) is 5.75 Å². The van der Waals surface area contributed by atoms with Crippen LogP contribution in [-0.4, -0.2) is 18.7 Å². The van der Waals surface area contributed by atoms with E-state index < -0.39 is 21.9 Å². The van der Waals surface area contributed by atoms with Gasteiger partial charge in [-0.15, -0.1) is 0 Å². The van der Waals surface area contributed by atoms with Gasteiger partial charge in [0.15, 0.2) is 0 Å². The van der Waals surface area contributed by atoms with Crippen LogP contribution >= 0.6 is 0 Å². The Kier molecular flexibility index (Phi) is 8.85. The third-order valence-electron chi connectivity index (χ3n) is 2.59. The fourth-order valence-electron chi connectivity index (χ4n) is 1.76. The third kappa shape index (κ3) is 6.71. The molecule has 0 fully saturated rings. The van der Waals surface area contributed by atoms with Crippen molar-refractivity contribution in [3.05, 3.63) is 48.0 Å². The summed E-state index contributed by atoms with van der Waals surface area (Å²) in [6, 6.07) is 12.5. The molecule has 2 aromatic rings.